The van der Waals surface area contributed by atoms with Gasteiger partial charge in [0, 0.05) is 29.3 Å². The van der Waals surface area contributed by atoms with E-state index < -0.39 is 0 Å². The van der Waals surface area contributed by atoms with Gasteiger partial charge in [-0.15, -0.1) is 0 Å². The van der Waals surface area contributed by atoms with Crippen LogP contribution < -0.4 is 5.73 Å². The highest BCUT2D eigenvalue weighted by Gasteiger charge is 2.16. The third kappa shape index (κ3) is 3.22. The van der Waals surface area contributed by atoms with Gasteiger partial charge in [-0.3, -0.25) is 4.68 Å². The summed E-state index contributed by atoms with van der Waals surface area (Å²) in [4.78, 5) is 0. The lowest BCUT2D eigenvalue weighted by atomic mass is 9.99. The molecule has 2 rings (SSSR count). The van der Waals surface area contributed by atoms with Gasteiger partial charge in [-0.2, -0.15) is 5.10 Å². The van der Waals surface area contributed by atoms with Gasteiger partial charge in [0.2, 0.25) is 0 Å². The Balaban J connectivity index is 2.22. The average Bonchev–Trinajstić information content (AvgIpc) is 2.74. The van der Waals surface area contributed by atoms with Crippen molar-refractivity contribution >= 4 is 15.9 Å². The minimum atomic E-state index is -0.237. The Labute approximate surface area is 120 Å². The van der Waals surface area contributed by atoms with Crippen molar-refractivity contribution in [2.24, 2.45) is 12.8 Å². The number of aromatic nitrogens is 2. The van der Waals surface area contributed by atoms with Crippen molar-refractivity contribution in [1.82, 2.24) is 9.78 Å². The fourth-order valence-electron chi connectivity index (χ4n) is 2.17. The first-order valence-electron chi connectivity index (χ1n) is 6.23. The van der Waals surface area contributed by atoms with Gasteiger partial charge < -0.3 is 5.73 Å². The predicted octanol–water partition coefficient (Wildman–Crippen LogP) is 3.13. The van der Waals surface area contributed by atoms with Crippen molar-refractivity contribution in [3.8, 4) is 0 Å². The van der Waals surface area contributed by atoms with E-state index in [2.05, 4.69) is 21.0 Å². The van der Waals surface area contributed by atoms with E-state index in [1.807, 2.05) is 26.2 Å². The van der Waals surface area contributed by atoms with Crippen molar-refractivity contribution in [2.45, 2.75) is 25.8 Å². The van der Waals surface area contributed by atoms with Crippen LogP contribution in [0, 0.1) is 5.82 Å². The molecule has 1 atom stereocenters. The summed E-state index contributed by atoms with van der Waals surface area (Å²) < 4.78 is 16.3. The van der Waals surface area contributed by atoms with E-state index in [0.29, 0.717) is 12.0 Å². The molecule has 0 amide bonds. The Kier molecular flexibility index (Phi) is 4.37. The van der Waals surface area contributed by atoms with Gasteiger partial charge in [0.05, 0.1) is 5.69 Å². The first-order chi connectivity index (χ1) is 9.01. The molecule has 19 heavy (non-hydrogen) atoms. The van der Waals surface area contributed by atoms with E-state index in [4.69, 9.17) is 5.73 Å². The standard InChI is InChI=1S/C14H17BrFN3/c1-3-14-11(8-19(2)18-14)13(17)6-9-4-5-10(15)7-12(9)16/h4-5,7-8,13H,3,6,17H2,1-2H3. The van der Waals surface area contributed by atoms with E-state index in [1.54, 1.807) is 10.7 Å². The van der Waals surface area contributed by atoms with Crippen molar-refractivity contribution in [3.05, 3.63) is 51.5 Å². The molecule has 1 heterocycles. The van der Waals surface area contributed by atoms with Crippen molar-refractivity contribution < 1.29 is 4.39 Å². The molecule has 1 unspecified atom stereocenters. The zero-order valence-electron chi connectivity index (χ0n) is 11.0. The second-order valence-corrected chi connectivity index (χ2v) is 5.52. The normalized spacial score (nSPS) is 12.7. The Hall–Kier alpha value is -1.20. The van der Waals surface area contributed by atoms with Gasteiger partial charge in [0.15, 0.2) is 0 Å². The highest BCUT2D eigenvalue weighted by Crippen LogP contribution is 2.23. The van der Waals surface area contributed by atoms with Crippen LogP contribution in [-0.4, -0.2) is 9.78 Å². The molecule has 0 saturated heterocycles. The van der Waals surface area contributed by atoms with Crippen LogP contribution in [0.3, 0.4) is 0 Å². The van der Waals surface area contributed by atoms with E-state index >= 15 is 0 Å². The van der Waals surface area contributed by atoms with Crippen LogP contribution in [-0.2, 0) is 19.9 Å². The van der Waals surface area contributed by atoms with Crippen molar-refractivity contribution in [2.75, 3.05) is 0 Å². The zero-order valence-corrected chi connectivity index (χ0v) is 12.6. The van der Waals surface area contributed by atoms with Crippen LogP contribution in [0.4, 0.5) is 4.39 Å². The average molecular weight is 326 g/mol. The summed E-state index contributed by atoms with van der Waals surface area (Å²) in [5.41, 5.74) is 8.79. The molecule has 3 nitrogen and oxygen atoms in total. The van der Waals surface area contributed by atoms with Crippen LogP contribution in [0.2, 0.25) is 0 Å². The summed E-state index contributed by atoms with van der Waals surface area (Å²) in [5.74, 6) is -0.230. The molecular formula is C14H17BrFN3. The molecule has 0 aliphatic heterocycles. The van der Waals surface area contributed by atoms with E-state index in [1.165, 1.54) is 6.07 Å². The maximum atomic E-state index is 13.8. The molecule has 0 aliphatic carbocycles. The number of rotatable bonds is 4. The number of halogens is 2. The Morgan fingerprint density at radius 2 is 2.21 bits per heavy atom. The maximum Gasteiger partial charge on any atom is 0.127 e. The van der Waals surface area contributed by atoms with Gasteiger partial charge in [0.1, 0.15) is 5.82 Å². The van der Waals surface area contributed by atoms with Crippen LogP contribution in [0.25, 0.3) is 0 Å². The monoisotopic (exact) mass is 325 g/mol. The van der Waals surface area contributed by atoms with E-state index in [9.17, 15) is 4.39 Å². The lowest BCUT2D eigenvalue weighted by Crippen LogP contribution is -2.15. The van der Waals surface area contributed by atoms with Crippen LogP contribution >= 0.6 is 15.9 Å². The number of hydrogen-bond donors (Lipinski definition) is 1. The van der Waals surface area contributed by atoms with E-state index in [0.717, 1.165) is 22.2 Å². The minimum Gasteiger partial charge on any atom is -0.324 e. The molecule has 102 valence electrons. The Bertz CT molecular complexity index is 580. The molecule has 0 saturated carbocycles. The van der Waals surface area contributed by atoms with Crippen molar-refractivity contribution in [1.29, 1.82) is 0 Å². The largest absolute Gasteiger partial charge is 0.324 e. The summed E-state index contributed by atoms with van der Waals surface area (Å²) in [6.45, 7) is 2.04. The molecule has 0 radical (unpaired) electrons. The molecule has 2 N–H and O–H groups in total. The first kappa shape index (κ1) is 14.2. The molecule has 0 spiro atoms. The quantitative estimate of drug-likeness (QED) is 0.938. The first-order valence-corrected chi connectivity index (χ1v) is 7.02. The number of aryl methyl sites for hydroxylation is 2. The van der Waals surface area contributed by atoms with Gasteiger partial charge in [-0.1, -0.05) is 28.9 Å². The number of hydrogen-bond acceptors (Lipinski definition) is 2. The number of benzene rings is 1. The second kappa shape index (κ2) is 5.84. The van der Waals surface area contributed by atoms with Crippen molar-refractivity contribution in [3.63, 3.8) is 0 Å². The molecule has 0 bridgehead atoms. The summed E-state index contributed by atoms with van der Waals surface area (Å²) in [6.07, 6.45) is 3.21. The molecule has 0 fully saturated rings. The molecule has 1 aromatic heterocycles. The predicted molar refractivity (Wildman–Crippen MR) is 77.3 cm³/mol. The molecular weight excluding hydrogens is 309 g/mol. The lowest BCUT2D eigenvalue weighted by molar-refractivity contribution is 0.591. The molecule has 0 aliphatic rings. The highest BCUT2D eigenvalue weighted by molar-refractivity contribution is 9.10. The Morgan fingerprint density at radius 3 is 2.84 bits per heavy atom. The summed E-state index contributed by atoms with van der Waals surface area (Å²) >= 11 is 3.25. The van der Waals surface area contributed by atoms with Crippen LogP contribution in [0.15, 0.2) is 28.9 Å². The van der Waals surface area contributed by atoms with Gasteiger partial charge in [-0.25, -0.2) is 4.39 Å². The fourth-order valence-corrected chi connectivity index (χ4v) is 2.50. The topological polar surface area (TPSA) is 43.8 Å². The number of nitrogens with two attached hydrogens (primary N) is 1. The summed E-state index contributed by atoms with van der Waals surface area (Å²) in [6, 6.07) is 4.82. The SMILES string of the molecule is CCc1nn(C)cc1C(N)Cc1ccc(Br)cc1F. The fraction of sp³-hybridized carbons (Fsp3) is 0.357. The minimum absolute atomic E-state index is 0.230. The second-order valence-electron chi connectivity index (χ2n) is 4.60. The zero-order chi connectivity index (χ0) is 14.0. The molecule has 2 aromatic rings. The van der Waals surface area contributed by atoms with Crippen LogP contribution in [0.5, 0.6) is 0 Å². The third-order valence-electron chi connectivity index (χ3n) is 3.13. The summed E-state index contributed by atoms with van der Waals surface area (Å²) in [5, 5.41) is 4.36. The lowest BCUT2D eigenvalue weighted by Gasteiger charge is -2.12. The molecule has 1 aromatic carbocycles. The number of nitrogens with zero attached hydrogens (tertiary/aromatic N) is 2. The third-order valence-corrected chi connectivity index (χ3v) is 3.62. The Morgan fingerprint density at radius 1 is 1.47 bits per heavy atom. The highest BCUT2D eigenvalue weighted by atomic mass is 79.9. The van der Waals surface area contributed by atoms with Gasteiger partial charge >= 0.3 is 0 Å². The van der Waals surface area contributed by atoms with Crippen LogP contribution in [0.1, 0.15) is 29.8 Å². The van der Waals surface area contributed by atoms with Gasteiger partial charge in [0.25, 0.3) is 0 Å². The van der Waals surface area contributed by atoms with E-state index in [-0.39, 0.29) is 11.9 Å². The summed E-state index contributed by atoms with van der Waals surface area (Å²) in [7, 11) is 1.87. The maximum absolute atomic E-state index is 13.8. The molecule has 5 heteroatoms. The smallest absolute Gasteiger partial charge is 0.127 e. The van der Waals surface area contributed by atoms with Gasteiger partial charge in [-0.05, 0) is 30.5 Å².